The Hall–Kier alpha value is 0.270. The van der Waals surface area contributed by atoms with Gasteiger partial charge in [0.05, 0.1) is 6.10 Å². The molecule has 0 aliphatic carbocycles. The molecule has 1 aliphatic rings. The van der Waals surface area contributed by atoms with Crippen LogP contribution in [0.25, 0.3) is 0 Å². The molecule has 1 saturated heterocycles. The molecule has 66 valence electrons. The van der Waals surface area contributed by atoms with E-state index < -0.39 is 0 Å². The van der Waals surface area contributed by atoms with Gasteiger partial charge < -0.3 is 10.8 Å². The quantitative estimate of drug-likeness (QED) is 0.653. The molecule has 0 aromatic rings. The Balaban J connectivity index is 2.29. The fraction of sp³-hybridized carbons (Fsp3) is 1.00. The van der Waals surface area contributed by atoms with Crippen molar-refractivity contribution in [3.8, 4) is 0 Å². The highest BCUT2D eigenvalue weighted by atomic mass is 32.2. The predicted molar refractivity (Wildman–Crippen MR) is 49.7 cm³/mol. The van der Waals surface area contributed by atoms with Crippen molar-refractivity contribution in [3.63, 3.8) is 0 Å². The lowest BCUT2D eigenvalue weighted by Crippen LogP contribution is -2.37. The molecular weight excluding hydrogens is 158 g/mol. The minimum Gasteiger partial charge on any atom is -0.393 e. The van der Waals surface area contributed by atoms with Gasteiger partial charge in [-0.15, -0.1) is 0 Å². The minimum atomic E-state index is -0.190. The standard InChI is InChI=1S/C8H17NOS/c1-6(10)4-7-5-11-3-2-8(7)9/h6-8,10H,2-5,9H2,1H3. The van der Waals surface area contributed by atoms with Gasteiger partial charge in [-0.2, -0.15) is 11.8 Å². The second-order valence-corrected chi connectivity index (χ2v) is 4.52. The summed E-state index contributed by atoms with van der Waals surface area (Å²) in [7, 11) is 0. The van der Waals surface area contributed by atoms with Crippen LogP contribution in [0.15, 0.2) is 0 Å². The predicted octanol–water partition coefficient (Wildman–Crippen LogP) is 0.838. The van der Waals surface area contributed by atoms with Crippen LogP contribution in [-0.4, -0.2) is 28.8 Å². The molecule has 0 saturated carbocycles. The summed E-state index contributed by atoms with van der Waals surface area (Å²) in [6.45, 7) is 1.84. The zero-order chi connectivity index (χ0) is 8.27. The fourth-order valence-corrected chi connectivity index (χ4v) is 2.79. The van der Waals surface area contributed by atoms with E-state index in [0.717, 1.165) is 18.6 Å². The molecule has 3 atom stereocenters. The van der Waals surface area contributed by atoms with Crippen LogP contribution in [0.1, 0.15) is 19.8 Å². The number of thioether (sulfide) groups is 1. The summed E-state index contributed by atoms with van der Waals surface area (Å²) < 4.78 is 0. The van der Waals surface area contributed by atoms with Crippen molar-refractivity contribution >= 4 is 11.8 Å². The van der Waals surface area contributed by atoms with Crippen LogP contribution in [0.3, 0.4) is 0 Å². The molecule has 1 rings (SSSR count). The topological polar surface area (TPSA) is 46.2 Å². The minimum absolute atomic E-state index is 0.190. The Morgan fingerprint density at radius 1 is 1.73 bits per heavy atom. The molecule has 3 N–H and O–H groups in total. The van der Waals surface area contributed by atoms with Gasteiger partial charge in [0.15, 0.2) is 0 Å². The normalized spacial score (nSPS) is 35.2. The van der Waals surface area contributed by atoms with Gasteiger partial charge >= 0.3 is 0 Å². The van der Waals surface area contributed by atoms with Crippen LogP contribution in [0.4, 0.5) is 0 Å². The monoisotopic (exact) mass is 175 g/mol. The Bertz CT molecular complexity index is 119. The maximum Gasteiger partial charge on any atom is 0.0515 e. The van der Waals surface area contributed by atoms with Gasteiger partial charge in [-0.1, -0.05) is 0 Å². The number of rotatable bonds is 2. The van der Waals surface area contributed by atoms with Crippen molar-refractivity contribution in [2.45, 2.75) is 31.9 Å². The summed E-state index contributed by atoms with van der Waals surface area (Å²) in [6.07, 6.45) is 1.79. The maximum absolute atomic E-state index is 9.16. The van der Waals surface area contributed by atoms with E-state index >= 15 is 0 Å². The number of hydrogen-bond donors (Lipinski definition) is 2. The van der Waals surface area contributed by atoms with Gasteiger partial charge in [-0.05, 0) is 37.2 Å². The van der Waals surface area contributed by atoms with Gasteiger partial charge in [-0.3, -0.25) is 0 Å². The van der Waals surface area contributed by atoms with Gasteiger partial charge in [0.25, 0.3) is 0 Å². The van der Waals surface area contributed by atoms with E-state index in [4.69, 9.17) is 10.8 Å². The second kappa shape index (κ2) is 4.33. The summed E-state index contributed by atoms with van der Waals surface area (Å²) in [5, 5.41) is 9.16. The molecule has 0 bridgehead atoms. The fourth-order valence-electron chi connectivity index (χ4n) is 1.49. The van der Waals surface area contributed by atoms with E-state index in [1.807, 2.05) is 18.7 Å². The van der Waals surface area contributed by atoms with E-state index in [2.05, 4.69) is 0 Å². The summed E-state index contributed by atoms with van der Waals surface area (Å²) in [6, 6.07) is 0.325. The van der Waals surface area contributed by atoms with Crippen molar-refractivity contribution in [1.29, 1.82) is 0 Å². The average Bonchev–Trinajstić information content (AvgIpc) is 1.93. The number of aliphatic hydroxyl groups excluding tert-OH is 1. The van der Waals surface area contributed by atoms with Crippen LogP contribution in [0, 0.1) is 5.92 Å². The molecule has 1 aliphatic heterocycles. The van der Waals surface area contributed by atoms with E-state index in [1.54, 1.807) is 0 Å². The molecule has 2 nitrogen and oxygen atoms in total. The third-order valence-electron chi connectivity index (χ3n) is 2.18. The van der Waals surface area contributed by atoms with Crippen LogP contribution >= 0.6 is 11.8 Å². The zero-order valence-electron chi connectivity index (χ0n) is 6.99. The summed E-state index contributed by atoms with van der Waals surface area (Å²) in [4.78, 5) is 0. The SMILES string of the molecule is CC(O)CC1CSCCC1N. The first kappa shape index (κ1) is 9.36. The highest BCUT2D eigenvalue weighted by Crippen LogP contribution is 2.25. The van der Waals surface area contributed by atoms with E-state index in [1.165, 1.54) is 5.75 Å². The highest BCUT2D eigenvalue weighted by Gasteiger charge is 2.22. The van der Waals surface area contributed by atoms with Crippen LogP contribution in [0.2, 0.25) is 0 Å². The summed E-state index contributed by atoms with van der Waals surface area (Å²) in [5.74, 6) is 2.86. The molecule has 11 heavy (non-hydrogen) atoms. The van der Waals surface area contributed by atoms with Gasteiger partial charge in [0.1, 0.15) is 0 Å². The molecule has 3 heteroatoms. The Kier molecular flexibility index (Phi) is 3.69. The van der Waals surface area contributed by atoms with Crippen LogP contribution < -0.4 is 5.73 Å². The Labute approximate surface area is 72.5 Å². The van der Waals surface area contributed by atoms with Crippen molar-refractivity contribution < 1.29 is 5.11 Å². The third-order valence-corrected chi connectivity index (χ3v) is 3.37. The zero-order valence-corrected chi connectivity index (χ0v) is 7.81. The maximum atomic E-state index is 9.16. The third kappa shape index (κ3) is 3.01. The van der Waals surface area contributed by atoms with Crippen molar-refractivity contribution in [1.82, 2.24) is 0 Å². The number of nitrogens with two attached hydrogens (primary N) is 1. The van der Waals surface area contributed by atoms with E-state index in [0.29, 0.717) is 12.0 Å². The van der Waals surface area contributed by atoms with Gasteiger partial charge in [-0.25, -0.2) is 0 Å². The van der Waals surface area contributed by atoms with Crippen LogP contribution in [-0.2, 0) is 0 Å². The number of hydrogen-bond acceptors (Lipinski definition) is 3. The van der Waals surface area contributed by atoms with Gasteiger partial charge in [0, 0.05) is 6.04 Å². The first-order chi connectivity index (χ1) is 5.20. The lowest BCUT2D eigenvalue weighted by Gasteiger charge is -2.28. The number of aliphatic hydroxyl groups is 1. The highest BCUT2D eigenvalue weighted by molar-refractivity contribution is 7.99. The van der Waals surface area contributed by atoms with Gasteiger partial charge in [0.2, 0.25) is 0 Å². The Morgan fingerprint density at radius 2 is 2.45 bits per heavy atom. The Morgan fingerprint density at radius 3 is 3.00 bits per heavy atom. The van der Waals surface area contributed by atoms with Crippen molar-refractivity contribution in [2.24, 2.45) is 11.7 Å². The first-order valence-electron chi connectivity index (χ1n) is 4.21. The van der Waals surface area contributed by atoms with Crippen molar-refractivity contribution in [3.05, 3.63) is 0 Å². The largest absolute Gasteiger partial charge is 0.393 e. The van der Waals surface area contributed by atoms with E-state index in [9.17, 15) is 0 Å². The molecule has 0 spiro atoms. The van der Waals surface area contributed by atoms with E-state index in [-0.39, 0.29) is 6.10 Å². The molecule has 0 radical (unpaired) electrons. The lowest BCUT2D eigenvalue weighted by atomic mass is 9.94. The second-order valence-electron chi connectivity index (χ2n) is 3.37. The molecule has 1 heterocycles. The molecule has 1 fully saturated rings. The average molecular weight is 175 g/mol. The smallest absolute Gasteiger partial charge is 0.0515 e. The summed E-state index contributed by atoms with van der Waals surface area (Å²) in [5.41, 5.74) is 5.90. The summed E-state index contributed by atoms with van der Waals surface area (Å²) >= 11 is 1.96. The molecule has 0 aromatic heterocycles. The molecule has 0 amide bonds. The molecular formula is C8H17NOS. The lowest BCUT2D eigenvalue weighted by molar-refractivity contribution is 0.156. The molecule has 3 unspecified atom stereocenters. The van der Waals surface area contributed by atoms with Crippen LogP contribution in [0.5, 0.6) is 0 Å². The molecule has 0 aromatic carbocycles. The van der Waals surface area contributed by atoms with Crippen molar-refractivity contribution in [2.75, 3.05) is 11.5 Å². The first-order valence-corrected chi connectivity index (χ1v) is 5.37.